The van der Waals surface area contributed by atoms with E-state index >= 15 is 0 Å². The first-order chi connectivity index (χ1) is 12.3. The summed E-state index contributed by atoms with van der Waals surface area (Å²) in [6, 6.07) is 15.0. The van der Waals surface area contributed by atoms with Crippen LogP contribution in [0.25, 0.3) is 11.4 Å². The largest absolute Gasteiger partial charge is 0.394 e. The van der Waals surface area contributed by atoms with Gasteiger partial charge in [-0.15, -0.1) is 0 Å². The molecular weight excluding hydrogens is 316 g/mol. The fourth-order valence-electron chi connectivity index (χ4n) is 3.40. The summed E-state index contributed by atoms with van der Waals surface area (Å²) in [4.78, 5) is 18.9. The molecule has 0 saturated carbocycles. The summed E-state index contributed by atoms with van der Waals surface area (Å²) >= 11 is 0. The lowest BCUT2D eigenvalue weighted by Crippen LogP contribution is -2.41. The van der Waals surface area contributed by atoms with Gasteiger partial charge in [-0.2, -0.15) is 5.10 Å². The molecule has 0 fully saturated rings. The Kier molecular flexibility index (Phi) is 4.03. The first kappa shape index (κ1) is 15.5. The third-order valence-corrected chi connectivity index (χ3v) is 4.64. The zero-order valence-corrected chi connectivity index (χ0v) is 13.6. The number of nitrogens with zero attached hydrogens (tertiary/aromatic N) is 3. The summed E-state index contributed by atoms with van der Waals surface area (Å²) in [5.41, 5.74) is 3.60. The van der Waals surface area contributed by atoms with Crippen LogP contribution in [-0.4, -0.2) is 44.2 Å². The topological polar surface area (TPSA) is 82.1 Å². The Balaban J connectivity index is 1.66. The summed E-state index contributed by atoms with van der Waals surface area (Å²) in [5.74, 6) is 0.535. The molecule has 0 bridgehead atoms. The lowest BCUT2D eigenvalue weighted by atomic mass is 9.92. The van der Waals surface area contributed by atoms with Crippen molar-refractivity contribution in [2.45, 2.75) is 12.5 Å². The van der Waals surface area contributed by atoms with E-state index < -0.39 is 0 Å². The summed E-state index contributed by atoms with van der Waals surface area (Å²) < 4.78 is 0. The van der Waals surface area contributed by atoms with Crippen LogP contribution in [-0.2, 0) is 6.42 Å². The number of H-pyrrole nitrogens is 1. The van der Waals surface area contributed by atoms with Gasteiger partial charge in [0.15, 0.2) is 5.82 Å². The van der Waals surface area contributed by atoms with Gasteiger partial charge in [0.1, 0.15) is 6.33 Å². The third-order valence-electron chi connectivity index (χ3n) is 4.64. The van der Waals surface area contributed by atoms with E-state index in [0.717, 1.165) is 17.5 Å². The summed E-state index contributed by atoms with van der Waals surface area (Å²) in [5, 5.41) is 16.5. The number of amides is 1. The molecule has 6 heteroatoms. The number of nitrogens with one attached hydrogen (secondary N) is 1. The molecule has 1 aliphatic rings. The molecule has 2 heterocycles. The van der Waals surface area contributed by atoms with Crippen LogP contribution >= 0.6 is 0 Å². The van der Waals surface area contributed by atoms with Crippen LogP contribution in [0.4, 0.5) is 0 Å². The molecule has 1 aromatic heterocycles. The van der Waals surface area contributed by atoms with Gasteiger partial charge in [-0.3, -0.25) is 9.89 Å². The van der Waals surface area contributed by atoms with Crippen molar-refractivity contribution in [1.82, 2.24) is 20.1 Å². The van der Waals surface area contributed by atoms with Crippen LogP contribution in [0.1, 0.15) is 27.5 Å². The van der Waals surface area contributed by atoms with Crippen LogP contribution in [0.15, 0.2) is 54.9 Å². The van der Waals surface area contributed by atoms with Gasteiger partial charge in [0.2, 0.25) is 0 Å². The number of rotatable bonds is 3. The fraction of sp³-hybridized carbons (Fsp3) is 0.211. The molecule has 126 valence electrons. The van der Waals surface area contributed by atoms with Crippen LogP contribution in [0.5, 0.6) is 0 Å². The number of carbonyl (C=O) groups is 1. The molecule has 2 aromatic carbocycles. The van der Waals surface area contributed by atoms with E-state index in [2.05, 4.69) is 21.2 Å². The number of carbonyl (C=O) groups excluding carboxylic acids is 1. The number of benzene rings is 2. The van der Waals surface area contributed by atoms with Crippen LogP contribution < -0.4 is 0 Å². The van der Waals surface area contributed by atoms with Crippen molar-refractivity contribution in [3.8, 4) is 11.4 Å². The summed E-state index contributed by atoms with van der Waals surface area (Å²) in [6.45, 7) is 0.498. The average molecular weight is 334 g/mol. The zero-order valence-electron chi connectivity index (χ0n) is 13.6. The number of fused-ring (bicyclic) bond motifs is 1. The Morgan fingerprint density at radius 1 is 1.24 bits per heavy atom. The van der Waals surface area contributed by atoms with E-state index in [0.29, 0.717) is 17.9 Å². The standard InChI is InChI=1S/C19H18N4O2/c24-11-17-16-7-2-1-4-13(16)8-9-23(17)19(25)15-6-3-5-14(10-15)18-20-12-21-22-18/h1-7,10,12,17,24H,8-9,11H2,(H,20,21,22). The van der Waals surface area contributed by atoms with E-state index in [9.17, 15) is 9.90 Å². The minimum absolute atomic E-state index is 0.0880. The quantitative estimate of drug-likeness (QED) is 0.769. The van der Waals surface area contributed by atoms with Gasteiger partial charge >= 0.3 is 0 Å². The smallest absolute Gasteiger partial charge is 0.254 e. The maximum Gasteiger partial charge on any atom is 0.254 e. The molecule has 0 aliphatic carbocycles. The van der Waals surface area contributed by atoms with Gasteiger partial charge in [-0.25, -0.2) is 4.98 Å². The van der Waals surface area contributed by atoms with Crippen LogP contribution in [0.2, 0.25) is 0 Å². The normalized spacial score (nSPS) is 16.5. The first-order valence-corrected chi connectivity index (χ1v) is 8.23. The molecule has 1 amide bonds. The molecule has 0 saturated heterocycles. The van der Waals surface area contributed by atoms with E-state index in [1.54, 1.807) is 17.0 Å². The third kappa shape index (κ3) is 2.81. The maximum absolute atomic E-state index is 13.1. The van der Waals surface area contributed by atoms with Crippen molar-refractivity contribution in [3.05, 3.63) is 71.5 Å². The second-order valence-corrected chi connectivity index (χ2v) is 6.06. The zero-order chi connectivity index (χ0) is 17.2. The van der Waals surface area contributed by atoms with E-state index in [-0.39, 0.29) is 18.6 Å². The molecule has 0 radical (unpaired) electrons. The predicted molar refractivity (Wildman–Crippen MR) is 92.8 cm³/mol. The first-order valence-electron chi connectivity index (χ1n) is 8.23. The Hall–Kier alpha value is -2.99. The summed E-state index contributed by atoms with van der Waals surface area (Å²) in [6.07, 6.45) is 2.23. The number of aromatic nitrogens is 3. The predicted octanol–water partition coefficient (Wildman–Crippen LogP) is 2.20. The molecule has 1 atom stereocenters. The monoisotopic (exact) mass is 334 g/mol. The second kappa shape index (κ2) is 6.49. The highest BCUT2D eigenvalue weighted by Gasteiger charge is 2.30. The number of hydrogen-bond donors (Lipinski definition) is 2. The Morgan fingerprint density at radius 2 is 2.12 bits per heavy atom. The minimum atomic E-state index is -0.314. The van der Waals surface area contributed by atoms with Crippen molar-refractivity contribution in [3.63, 3.8) is 0 Å². The molecule has 2 N–H and O–H groups in total. The van der Waals surface area contributed by atoms with Gasteiger partial charge in [-0.1, -0.05) is 36.4 Å². The Bertz CT molecular complexity index is 892. The maximum atomic E-state index is 13.1. The highest BCUT2D eigenvalue weighted by atomic mass is 16.3. The Labute approximate surface area is 145 Å². The SMILES string of the molecule is O=C(c1cccc(-c2ncn[nH]2)c1)N1CCc2ccccc2C1CO. The van der Waals surface area contributed by atoms with Gasteiger partial charge in [0.25, 0.3) is 5.91 Å². The number of hydrogen-bond acceptors (Lipinski definition) is 4. The van der Waals surface area contributed by atoms with Crippen LogP contribution in [0, 0.1) is 0 Å². The highest BCUT2D eigenvalue weighted by Crippen LogP contribution is 2.31. The molecule has 1 unspecified atom stereocenters. The number of aliphatic hydroxyl groups is 1. The van der Waals surface area contributed by atoms with E-state index in [4.69, 9.17) is 0 Å². The molecule has 3 aromatic rings. The van der Waals surface area contributed by atoms with Gasteiger partial charge < -0.3 is 10.0 Å². The van der Waals surface area contributed by atoms with Crippen molar-refractivity contribution >= 4 is 5.91 Å². The molecule has 0 spiro atoms. The fourth-order valence-corrected chi connectivity index (χ4v) is 3.40. The molecular formula is C19H18N4O2. The number of aromatic amines is 1. The Morgan fingerprint density at radius 3 is 2.92 bits per heavy atom. The van der Waals surface area contributed by atoms with Crippen molar-refractivity contribution in [2.75, 3.05) is 13.2 Å². The minimum Gasteiger partial charge on any atom is -0.394 e. The molecule has 6 nitrogen and oxygen atoms in total. The average Bonchev–Trinajstić information content (AvgIpc) is 3.21. The van der Waals surface area contributed by atoms with Crippen LogP contribution in [0.3, 0.4) is 0 Å². The molecule has 1 aliphatic heterocycles. The lowest BCUT2D eigenvalue weighted by Gasteiger charge is -2.36. The van der Waals surface area contributed by atoms with Gasteiger partial charge in [-0.05, 0) is 29.7 Å². The second-order valence-electron chi connectivity index (χ2n) is 6.06. The number of aliphatic hydroxyl groups excluding tert-OH is 1. The summed E-state index contributed by atoms with van der Waals surface area (Å²) in [7, 11) is 0. The lowest BCUT2D eigenvalue weighted by molar-refractivity contribution is 0.0568. The molecule has 4 rings (SSSR count). The van der Waals surface area contributed by atoms with E-state index in [1.807, 2.05) is 30.3 Å². The molecule has 25 heavy (non-hydrogen) atoms. The van der Waals surface area contributed by atoms with Gasteiger partial charge in [0.05, 0.1) is 12.6 Å². The highest BCUT2D eigenvalue weighted by molar-refractivity contribution is 5.95. The van der Waals surface area contributed by atoms with Crippen molar-refractivity contribution in [2.24, 2.45) is 0 Å². The van der Waals surface area contributed by atoms with E-state index in [1.165, 1.54) is 11.9 Å². The van der Waals surface area contributed by atoms with Crippen molar-refractivity contribution in [1.29, 1.82) is 0 Å². The van der Waals surface area contributed by atoms with Gasteiger partial charge in [0, 0.05) is 17.7 Å². The van der Waals surface area contributed by atoms with Crippen molar-refractivity contribution < 1.29 is 9.90 Å².